The van der Waals surface area contributed by atoms with Gasteiger partial charge in [0.2, 0.25) is 0 Å². The third-order valence-corrected chi connectivity index (χ3v) is 1.21. The van der Waals surface area contributed by atoms with Gasteiger partial charge in [-0.05, 0) is 0 Å². The van der Waals surface area contributed by atoms with E-state index in [-0.39, 0.29) is 6.54 Å². The van der Waals surface area contributed by atoms with Crippen LogP contribution in [0.5, 0.6) is 0 Å². The maximum absolute atomic E-state index is 12.4. The molecule has 0 amide bonds. The second kappa shape index (κ2) is 3.32. The Labute approximate surface area is 62.8 Å². The van der Waals surface area contributed by atoms with Crippen LogP contribution in [0.2, 0.25) is 0 Å². The van der Waals surface area contributed by atoms with Crippen LogP contribution in [0.4, 0.5) is 14.5 Å². The van der Waals surface area contributed by atoms with Crippen LogP contribution in [0.1, 0.15) is 0 Å². The standard InChI is InChI=1S/C6H9F2N3/c7-1-5(8)3-11-4-6(9)2-10-11/h2,4-5H,1,3,9H2. The molecule has 0 spiro atoms. The number of hydrogen-bond donors (Lipinski definition) is 1. The molecule has 1 heterocycles. The molecule has 1 unspecified atom stereocenters. The smallest absolute Gasteiger partial charge is 0.148 e. The van der Waals surface area contributed by atoms with Crippen molar-refractivity contribution in [2.75, 3.05) is 12.4 Å². The van der Waals surface area contributed by atoms with Gasteiger partial charge in [-0.1, -0.05) is 0 Å². The molecule has 1 atom stereocenters. The van der Waals surface area contributed by atoms with Gasteiger partial charge in [-0.3, -0.25) is 4.68 Å². The molecule has 1 aromatic rings. The first-order valence-corrected chi connectivity index (χ1v) is 3.20. The number of halogens is 2. The van der Waals surface area contributed by atoms with Crippen molar-refractivity contribution >= 4 is 5.69 Å². The van der Waals surface area contributed by atoms with Gasteiger partial charge < -0.3 is 5.73 Å². The van der Waals surface area contributed by atoms with Gasteiger partial charge in [0.05, 0.1) is 18.4 Å². The molecule has 0 aliphatic heterocycles. The Morgan fingerprint density at radius 1 is 1.73 bits per heavy atom. The number of aromatic nitrogens is 2. The average Bonchev–Trinajstić information content (AvgIpc) is 2.35. The highest BCUT2D eigenvalue weighted by atomic mass is 19.2. The van der Waals surface area contributed by atoms with Crippen molar-refractivity contribution in [2.45, 2.75) is 12.7 Å². The highest BCUT2D eigenvalue weighted by molar-refractivity contribution is 5.30. The first-order valence-electron chi connectivity index (χ1n) is 3.20. The van der Waals surface area contributed by atoms with E-state index in [4.69, 9.17) is 5.73 Å². The van der Waals surface area contributed by atoms with Crippen LogP contribution in [0.15, 0.2) is 12.4 Å². The molecule has 1 rings (SSSR count). The number of nitrogens with zero attached hydrogens (tertiary/aromatic N) is 2. The molecule has 0 aromatic carbocycles. The van der Waals surface area contributed by atoms with E-state index in [9.17, 15) is 8.78 Å². The third kappa shape index (κ3) is 2.18. The van der Waals surface area contributed by atoms with E-state index in [1.807, 2.05) is 0 Å². The predicted octanol–water partition coefficient (Wildman–Crippen LogP) is 0.773. The molecule has 0 saturated carbocycles. The van der Waals surface area contributed by atoms with Crippen molar-refractivity contribution in [1.82, 2.24) is 9.78 Å². The van der Waals surface area contributed by atoms with Gasteiger partial charge in [0.15, 0.2) is 0 Å². The van der Waals surface area contributed by atoms with Crippen molar-refractivity contribution in [3.05, 3.63) is 12.4 Å². The SMILES string of the molecule is Nc1cnn(CC(F)CF)c1. The average molecular weight is 161 g/mol. The molecule has 5 heteroatoms. The van der Waals surface area contributed by atoms with Crippen molar-refractivity contribution < 1.29 is 8.78 Å². The second-order valence-electron chi connectivity index (χ2n) is 2.25. The molecule has 0 radical (unpaired) electrons. The van der Waals surface area contributed by atoms with E-state index in [1.165, 1.54) is 17.1 Å². The fourth-order valence-electron chi connectivity index (χ4n) is 0.731. The first-order chi connectivity index (χ1) is 5.22. The van der Waals surface area contributed by atoms with Crippen molar-refractivity contribution in [1.29, 1.82) is 0 Å². The molecule has 0 bridgehead atoms. The van der Waals surface area contributed by atoms with E-state index >= 15 is 0 Å². The van der Waals surface area contributed by atoms with E-state index in [0.717, 1.165) is 0 Å². The largest absolute Gasteiger partial charge is 0.396 e. The molecule has 0 aliphatic rings. The van der Waals surface area contributed by atoms with Crippen molar-refractivity contribution in [2.24, 2.45) is 0 Å². The number of alkyl halides is 2. The van der Waals surface area contributed by atoms with E-state index in [0.29, 0.717) is 5.69 Å². The first kappa shape index (κ1) is 7.97. The van der Waals surface area contributed by atoms with Gasteiger partial charge >= 0.3 is 0 Å². The fourth-order valence-corrected chi connectivity index (χ4v) is 0.731. The minimum Gasteiger partial charge on any atom is -0.396 e. The summed E-state index contributed by atoms with van der Waals surface area (Å²) in [6, 6.07) is 0. The van der Waals surface area contributed by atoms with E-state index in [1.54, 1.807) is 0 Å². The van der Waals surface area contributed by atoms with Crippen LogP contribution >= 0.6 is 0 Å². The van der Waals surface area contributed by atoms with Crippen molar-refractivity contribution in [3.8, 4) is 0 Å². The van der Waals surface area contributed by atoms with Crippen LogP contribution < -0.4 is 5.73 Å². The maximum atomic E-state index is 12.4. The van der Waals surface area contributed by atoms with Gasteiger partial charge in [-0.25, -0.2) is 8.78 Å². The summed E-state index contributed by atoms with van der Waals surface area (Å²) in [7, 11) is 0. The highest BCUT2D eigenvalue weighted by Gasteiger charge is 2.06. The molecular weight excluding hydrogens is 152 g/mol. The minimum atomic E-state index is -1.49. The molecule has 62 valence electrons. The fraction of sp³-hybridized carbons (Fsp3) is 0.500. The summed E-state index contributed by atoms with van der Waals surface area (Å²) in [5.74, 6) is 0. The van der Waals surface area contributed by atoms with Gasteiger partial charge in [0, 0.05) is 6.20 Å². The molecular formula is C6H9F2N3. The quantitative estimate of drug-likeness (QED) is 0.711. The number of rotatable bonds is 3. The summed E-state index contributed by atoms with van der Waals surface area (Å²) in [5.41, 5.74) is 5.75. The van der Waals surface area contributed by atoms with Gasteiger partial charge in [-0.15, -0.1) is 0 Å². The lowest BCUT2D eigenvalue weighted by atomic mass is 10.4. The van der Waals surface area contributed by atoms with Crippen LogP contribution in [0.25, 0.3) is 0 Å². The highest BCUT2D eigenvalue weighted by Crippen LogP contribution is 2.01. The zero-order chi connectivity index (χ0) is 8.27. The zero-order valence-electron chi connectivity index (χ0n) is 5.87. The van der Waals surface area contributed by atoms with Crippen LogP contribution in [0.3, 0.4) is 0 Å². The number of nitrogen functional groups attached to an aromatic ring is 1. The topological polar surface area (TPSA) is 43.8 Å². The number of anilines is 1. The molecule has 0 saturated heterocycles. The molecule has 2 N–H and O–H groups in total. The van der Waals surface area contributed by atoms with Crippen LogP contribution in [0, 0.1) is 0 Å². The molecule has 1 aromatic heterocycles. The Kier molecular flexibility index (Phi) is 2.40. The number of hydrogen-bond acceptors (Lipinski definition) is 2. The van der Waals surface area contributed by atoms with Gasteiger partial charge in [0.1, 0.15) is 12.8 Å². The molecule has 0 fully saturated rings. The normalized spacial score (nSPS) is 13.3. The minimum absolute atomic E-state index is 0.0757. The van der Waals surface area contributed by atoms with E-state index < -0.39 is 12.8 Å². The van der Waals surface area contributed by atoms with E-state index in [2.05, 4.69) is 5.10 Å². The zero-order valence-corrected chi connectivity index (χ0v) is 5.87. The predicted molar refractivity (Wildman–Crippen MR) is 37.5 cm³/mol. The second-order valence-corrected chi connectivity index (χ2v) is 2.25. The van der Waals surface area contributed by atoms with Gasteiger partial charge in [-0.2, -0.15) is 5.10 Å². The lowest BCUT2D eigenvalue weighted by Gasteiger charge is -2.01. The molecule has 3 nitrogen and oxygen atoms in total. The Morgan fingerprint density at radius 3 is 2.91 bits per heavy atom. The van der Waals surface area contributed by atoms with Crippen molar-refractivity contribution in [3.63, 3.8) is 0 Å². The number of nitrogens with two attached hydrogens (primary N) is 1. The Morgan fingerprint density at radius 2 is 2.45 bits per heavy atom. The lowest BCUT2D eigenvalue weighted by molar-refractivity contribution is 0.227. The van der Waals surface area contributed by atoms with Crippen LogP contribution in [-0.2, 0) is 6.54 Å². The summed E-state index contributed by atoms with van der Waals surface area (Å²) in [6.07, 6.45) is 1.36. The third-order valence-electron chi connectivity index (χ3n) is 1.21. The maximum Gasteiger partial charge on any atom is 0.148 e. The summed E-state index contributed by atoms with van der Waals surface area (Å²) in [6.45, 7) is -1.06. The van der Waals surface area contributed by atoms with Gasteiger partial charge in [0.25, 0.3) is 0 Å². The summed E-state index contributed by atoms with van der Waals surface area (Å²) in [5, 5.41) is 3.69. The summed E-state index contributed by atoms with van der Waals surface area (Å²) < 4.78 is 25.3. The Bertz CT molecular complexity index is 223. The lowest BCUT2D eigenvalue weighted by Crippen LogP contribution is -2.13. The summed E-state index contributed by atoms with van der Waals surface area (Å²) >= 11 is 0. The molecule has 0 aliphatic carbocycles. The monoisotopic (exact) mass is 161 g/mol. The summed E-state index contributed by atoms with van der Waals surface area (Å²) in [4.78, 5) is 0. The Hall–Kier alpha value is -1.13. The Balaban J connectivity index is 2.50. The van der Waals surface area contributed by atoms with Crippen LogP contribution in [-0.4, -0.2) is 22.6 Å². The molecule has 11 heavy (non-hydrogen) atoms.